The first-order chi connectivity index (χ1) is 6.81. The average molecular weight is 198 g/mol. The SMILES string of the molecule is O=C(OC1OC1CO)C1CC=CCC1. The second kappa shape index (κ2) is 4.11. The molecule has 0 aromatic heterocycles. The lowest BCUT2D eigenvalue weighted by molar-refractivity contribution is -0.153. The summed E-state index contributed by atoms with van der Waals surface area (Å²) in [5.74, 6) is -0.223. The van der Waals surface area contributed by atoms with Crippen molar-refractivity contribution < 1.29 is 19.4 Å². The third kappa shape index (κ3) is 2.13. The van der Waals surface area contributed by atoms with Crippen LogP contribution in [-0.2, 0) is 14.3 Å². The highest BCUT2D eigenvalue weighted by molar-refractivity contribution is 5.73. The van der Waals surface area contributed by atoms with E-state index in [1.54, 1.807) is 0 Å². The van der Waals surface area contributed by atoms with Gasteiger partial charge in [-0.05, 0) is 19.3 Å². The Kier molecular flexibility index (Phi) is 2.84. The molecule has 0 spiro atoms. The molecule has 1 saturated heterocycles. The summed E-state index contributed by atoms with van der Waals surface area (Å²) < 4.78 is 9.97. The van der Waals surface area contributed by atoms with E-state index in [4.69, 9.17) is 14.6 Å². The van der Waals surface area contributed by atoms with Crippen LogP contribution < -0.4 is 0 Å². The van der Waals surface area contributed by atoms with Crippen LogP contribution in [-0.4, -0.2) is 30.1 Å². The fraction of sp³-hybridized carbons (Fsp3) is 0.700. The van der Waals surface area contributed by atoms with Gasteiger partial charge < -0.3 is 14.6 Å². The minimum atomic E-state index is -0.501. The minimum absolute atomic E-state index is 0.0245. The highest BCUT2D eigenvalue weighted by Gasteiger charge is 2.43. The number of aliphatic hydroxyl groups excluding tert-OH is 1. The van der Waals surface area contributed by atoms with E-state index in [1.807, 2.05) is 6.08 Å². The molecular formula is C10H14O4. The van der Waals surface area contributed by atoms with Crippen molar-refractivity contribution in [2.45, 2.75) is 31.7 Å². The fourth-order valence-electron chi connectivity index (χ4n) is 1.58. The molecule has 0 saturated carbocycles. The Morgan fingerprint density at radius 1 is 1.57 bits per heavy atom. The molecule has 0 aromatic rings. The van der Waals surface area contributed by atoms with Gasteiger partial charge >= 0.3 is 5.97 Å². The predicted molar refractivity (Wildman–Crippen MR) is 48.3 cm³/mol. The highest BCUT2D eigenvalue weighted by atomic mass is 16.8. The lowest BCUT2D eigenvalue weighted by Crippen LogP contribution is -2.21. The third-order valence-corrected chi connectivity index (χ3v) is 2.55. The second-order valence-corrected chi connectivity index (χ2v) is 3.64. The molecule has 4 heteroatoms. The average Bonchev–Trinajstić information content (AvgIpc) is 2.98. The largest absolute Gasteiger partial charge is 0.432 e. The maximum Gasteiger partial charge on any atom is 0.311 e. The van der Waals surface area contributed by atoms with Crippen LogP contribution in [0.25, 0.3) is 0 Å². The first-order valence-corrected chi connectivity index (χ1v) is 4.93. The van der Waals surface area contributed by atoms with Crippen molar-refractivity contribution in [1.29, 1.82) is 0 Å². The predicted octanol–water partition coefficient (Wildman–Crippen LogP) is 0.603. The standard InChI is InChI=1S/C10H14O4/c11-6-8-10(13-8)14-9(12)7-4-2-1-3-5-7/h1-2,7-8,10-11H,3-6H2. The third-order valence-electron chi connectivity index (χ3n) is 2.55. The van der Waals surface area contributed by atoms with E-state index in [0.717, 1.165) is 19.3 Å². The second-order valence-electron chi connectivity index (χ2n) is 3.64. The van der Waals surface area contributed by atoms with Crippen molar-refractivity contribution >= 4 is 5.97 Å². The summed E-state index contributed by atoms with van der Waals surface area (Å²) in [7, 11) is 0. The number of hydrogen-bond acceptors (Lipinski definition) is 4. The van der Waals surface area contributed by atoms with Crippen molar-refractivity contribution in [2.75, 3.05) is 6.61 Å². The molecule has 0 bridgehead atoms. The van der Waals surface area contributed by atoms with Crippen LogP contribution in [0.5, 0.6) is 0 Å². The van der Waals surface area contributed by atoms with E-state index < -0.39 is 6.29 Å². The monoisotopic (exact) mass is 198 g/mol. The first-order valence-electron chi connectivity index (χ1n) is 4.93. The lowest BCUT2D eigenvalue weighted by Gasteiger charge is -2.15. The quantitative estimate of drug-likeness (QED) is 0.410. The number of epoxide rings is 1. The number of rotatable bonds is 3. The van der Waals surface area contributed by atoms with Crippen LogP contribution in [0.1, 0.15) is 19.3 Å². The molecule has 3 atom stereocenters. The Bertz CT molecular complexity index is 249. The Balaban J connectivity index is 1.75. The number of carbonyl (C=O) groups excluding carboxylic acids is 1. The molecule has 0 aromatic carbocycles. The molecule has 2 aliphatic rings. The minimum Gasteiger partial charge on any atom is -0.432 e. The van der Waals surface area contributed by atoms with Crippen molar-refractivity contribution in [3.63, 3.8) is 0 Å². The number of ether oxygens (including phenoxy) is 2. The molecule has 4 nitrogen and oxygen atoms in total. The van der Waals surface area contributed by atoms with Gasteiger partial charge in [0, 0.05) is 0 Å². The molecule has 78 valence electrons. The molecule has 1 aliphatic carbocycles. The zero-order valence-corrected chi connectivity index (χ0v) is 7.89. The Hall–Kier alpha value is -0.870. The van der Waals surface area contributed by atoms with E-state index >= 15 is 0 Å². The van der Waals surface area contributed by atoms with Crippen molar-refractivity contribution in [3.05, 3.63) is 12.2 Å². The van der Waals surface area contributed by atoms with Crippen LogP contribution in [0.15, 0.2) is 12.2 Å². The Labute approximate surface area is 82.5 Å². The van der Waals surface area contributed by atoms with E-state index in [0.29, 0.717) is 0 Å². The van der Waals surface area contributed by atoms with Crippen molar-refractivity contribution in [3.8, 4) is 0 Å². The number of hydrogen-bond donors (Lipinski definition) is 1. The molecule has 0 amide bonds. The maximum absolute atomic E-state index is 11.5. The molecule has 1 fully saturated rings. The van der Waals surface area contributed by atoms with Gasteiger partial charge in [0.2, 0.25) is 6.29 Å². The fourth-order valence-corrected chi connectivity index (χ4v) is 1.58. The molecular weight excluding hydrogens is 184 g/mol. The Morgan fingerprint density at radius 3 is 3.00 bits per heavy atom. The van der Waals surface area contributed by atoms with Gasteiger partial charge in [0.05, 0.1) is 12.5 Å². The smallest absolute Gasteiger partial charge is 0.311 e. The number of allylic oxidation sites excluding steroid dienone is 2. The van der Waals surface area contributed by atoms with Gasteiger partial charge in [0.15, 0.2) is 0 Å². The molecule has 2 rings (SSSR count). The number of esters is 1. The number of carbonyl (C=O) groups is 1. The molecule has 1 heterocycles. The maximum atomic E-state index is 11.5. The zero-order valence-electron chi connectivity index (χ0n) is 7.89. The summed E-state index contributed by atoms with van der Waals surface area (Å²) in [6, 6.07) is 0. The summed E-state index contributed by atoms with van der Waals surface area (Å²) in [5, 5.41) is 8.67. The van der Waals surface area contributed by atoms with Gasteiger partial charge in [0.1, 0.15) is 6.10 Å². The van der Waals surface area contributed by atoms with Gasteiger partial charge in [-0.1, -0.05) is 12.2 Å². The highest BCUT2D eigenvalue weighted by Crippen LogP contribution is 2.26. The van der Waals surface area contributed by atoms with Gasteiger partial charge in [-0.2, -0.15) is 0 Å². The van der Waals surface area contributed by atoms with Crippen molar-refractivity contribution in [2.24, 2.45) is 5.92 Å². The summed E-state index contributed by atoms with van der Waals surface area (Å²) in [6.07, 6.45) is 5.84. The molecule has 1 N–H and O–H groups in total. The van der Waals surface area contributed by atoms with E-state index in [1.165, 1.54) is 0 Å². The summed E-state index contributed by atoms with van der Waals surface area (Å²) in [4.78, 5) is 11.5. The van der Waals surface area contributed by atoms with E-state index in [9.17, 15) is 4.79 Å². The van der Waals surface area contributed by atoms with E-state index in [2.05, 4.69) is 6.08 Å². The summed E-state index contributed by atoms with van der Waals surface area (Å²) in [6.45, 7) is -0.0808. The summed E-state index contributed by atoms with van der Waals surface area (Å²) >= 11 is 0. The van der Waals surface area contributed by atoms with Crippen LogP contribution >= 0.6 is 0 Å². The molecule has 1 aliphatic heterocycles. The zero-order chi connectivity index (χ0) is 9.97. The number of aliphatic hydroxyl groups is 1. The topological polar surface area (TPSA) is 59.1 Å². The van der Waals surface area contributed by atoms with E-state index in [-0.39, 0.29) is 24.6 Å². The molecule has 14 heavy (non-hydrogen) atoms. The van der Waals surface area contributed by atoms with Gasteiger partial charge in [-0.25, -0.2) is 0 Å². The van der Waals surface area contributed by atoms with Crippen LogP contribution in [0.3, 0.4) is 0 Å². The normalized spacial score (nSPS) is 35.4. The van der Waals surface area contributed by atoms with Crippen LogP contribution in [0.2, 0.25) is 0 Å². The molecule has 3 unspecified atom stereocenters. The van der Waals surface area contributed by atoms with Crippen LogP contribution in [0, 0.1) is 5.92 Å². The Morgan fingerprint density at radius 2 is 2.43 bits per heavy atom. The molecule has 0 radical (unpaired) electrons. The van der Waals surface area contributed by atoms with Crippen LogP contribution in [0.4, 0.5) is 0 Å². The lowest BCUT2D eigenvalue weighted by atomic mass is 9.95. The van der Waals surface area contributed by atoms with Crippen molar-refractivity contribution in [1.82, 2.24) is 0 Å². The van der Waals surface area contributed by atoms with Gasteiger partial charge in [-0.3, -0.25) is 4.79 Å². The first kappa shape index (κ1) is 9.68. The van der Waals surface area contributed by atoms with Gasteiger partial charge in [-0.15, -0.1) is 0 Å². The summed E-state index contributed by atoms with van der Waals surface area (Å²) in [5.41, 5.74) is 0. The van der Waals surface area contributed by atoms with Gasteiger partial charge in [0.25, 0.3) is 0 Å².